The molecule has 4 heterocycles. The quantitative estimate of drug-likeness (QED) is 0.202. The summed E-state index contributed by atoms with van der Waals surface area (Å²) in [5.41, 5.74) is 1.05. The minimum Gasteiger partial charge on any atom is -0.508 e. The first-order valence-electron chi connectivity index (χ1n) is 14.1. The van der Waals surface area contributed by atoms with E-state index in [9.17, 15) is 29.7 Å². The number of aliphatic hydroxyl groups excluding tert-OH is 2. The molecule has 2 unspecified atom stereocenters. The van der Waals surface area contributed by atoms with E-state index in [0.717, 1.165) is 12.8 Å². The smallest absolute Gasteiger partial charge is 0.243 e. The van der Waals surface area contributed by atoms with Crippen molar-refractivity contribution in [1.29, 1.82) is 0 Å². The molecule has 1 aromatic carbocycles. The molecule has 15 nitrogen and oxygen atoms in total. The van der Waals surface area contributed by atoms with Crippen LogP contribution in [0.5, 0.6) is 5.75 Å². The summed E-state index contributed by atoms with van der Waals surface area (Å²) in [5, 5.41) is 47.6. The first kappa shape index (κ1) is 29.8. The van der Waals surface area contributed by atoms with E-state index in [0.29, 0.717) is 31.1 Å². The Balaban J connectivity index is 1.30. The lowest BCUT2D eigenvalue weighted by Gasteiger charge is -2.28. The monoisotopic (exact) mass is 587 g/mol. The SMILES string of the molecule is O=C1CN(CCNC2CCOCC2)C(=O)C[C@@H]2O[C@H](CNC(=O)[C@@H](Cc3cn(-c4ccc(O)cc4)nn3)N1)C(O)C2O. The van der Waals surface area contributed by atoms with Gasteiger partial charge in [0.05, 0.1) is 36.6 Å². The fraction of sp³-hybridized carbons (Fsp3) is 0.593. The zero-order chi connectivity index (χ0) is 29.6. The van der Waals surface area contributed by atoms with E-state index in [1.165, 1.54) is 21.7 Å². The molecule has 3 aliphatic heterocycles. The van der Waals surface area contributed by atoms with Gasteiger partial charge in [-0.15, -0.1) is 5.10 Å². The van der Waals surface area contributed by atoms with Gasteiger partial charge in [-0.05, 0) is 37.1 Å². The van der Waals surface area contributed by atoms with Gasteiger partial charge < -0.3 is 45.6 Å². The lowest BCUT2D eigenvalue weighted by molar-refractivity contribution is -0.139. The molecule has 2 bridgehead atoms. The largest absolute Gasteiger partial charge is 0.508 e. The van der Waals surface area contributed by atoms with Crippen molar-refractivity contribution in [2.45, 2.75) is 62.2 Å². The summed E-state index contributed by atoms with van der Waals surface area (Å²) in [6, 6.07) is 5.49. The molecule has 228 valence electrons. The lowest BCUT2D eigenvalue weighted by Crippen LogP contribution is -2.53. The molecule has 3 saturated heterocycles. The van der Waals surface area contributed by atoms with Crippen LogP contribution < -0.4 is 16.0 Å². The number of hydrogen-bond donors (Lipinski definition) is 6. The highest BCUT2D eigenvalue weighted by atomic mass is 16.5. The van der Waals surface area contributed by atoms with E-state index >= 15 is 0 Å². The first-order chi connectivity index (χ1) is 20.3. The van der Waals surface area contributed by atoms with E-state index < -0.39 is 48.2 Å². The zero-order valence-corrected chi connectivity index (χ0v) is 23.1. The van der Waals surface area contributed by atoms with Crippen molar-refractivity contribution in [2.75, 3.05) is 39.4 Å². The Hall–Kier alpha value is -3.63. The van der Waals surface area contributed by atoms with Gasteiger partial charge in [0, 0.05) is 45.3 Å². The van der Waals surface area contributed by atoms with Gasteiger partial charge in [0.1, 0.15) is 30.1 Å². The van der Waals surface area contributed by atoms with Gasteiger partial charge in [-0.2, -0.15) is 0 Å². The van der Waals surface area contributed by atoms with E-state index in [1.807, 2.05) is 0 Å². The number of rotatable bonds is 7. The first-order valence-corrected chi connectivity index (χ1v) is 14.1. The van der Waals surface area contributed by atoms with Crippen LogP contribution in [0.3, 0.4) is 0 Å². The van der Waals surface area contributed by atoms with Crippen molar-refractivity contribution in [2.24, 2.45) is 0 Å². The van der Waals surface area contributed by atoms with E-state index in [4.69, 9.17) is 9.47 Å². The third-order valence-corrected chi connectivity index (χ3v) is 7.76. The van der Waals surface area contributed by atoms with Crippen LogP contribution in [0, 0.1) is 0 Å². The number of aliphatic hydroxyl groups is 2. The number of phenols is 1. The third kappa shape index (κ3) is 7.41. The van der Waals surface area contributed by atoms with E-state index in [-0.39, 0.29) is 44.3 Å². The zero-order valence-electron chi connectivity index (χ0n) is 23.1. The summed E-state index contributed by atoms with van der Waals surface area (Å²) in [6.07, 6.45) is -1.45. The van der Waals surface area contributed by atoms with Crippen LogP contribution in [0.1, 0.15) is 25.0 Å². The van der Waals surface area contributed by atoms with Crippen LogP contribution in [0.25, 0.3) is 5.69 Å². The number of carbonyl (C=O) groups excluding carboxylic acids is 3. The third-order valence-electron chi connectivity index (χ3n) is 7.76. The van der Waals surface area contributed by atoms with Crippen molar-refractivity contribution in [3.63, 3.8) is 0 Å². The summed E-state index contributed by atoms with van der Waals surface area (Å²) in [4.78, 5) is 41.1. The number of nitrogens with zero attached hydrogens (tertiary/aromatic N) is 4. The summed E-state index contributed by atoms with van der Waals surface area (Å²) >= 11 is 0. The summed E-state index contributed by atoms with van der Waals surface area (Å²) in [6.45, 7) is 1.54. The second kappa shape index (κ2) is 13.6. The van der Waals surface area contributed by atoms with Gasteiger partial charge in [-0.1, -0.05) is 5.21 Å². The normalized spacial score (nSPS) is 28.0. The number of amides is 3. The van der Waals surface area contributed by atoms with Crippen LogP contribution in [0.15, 0.2) is 30.5 Å². The van der Waals surface area contributed by atoms with Crippen molar-refractivity contribution >= 4 is 17.7 Å². The molecule has 3 aliphatic rings. The minimum absolute atomic E-state index is 0.00572. The Morgan fingerprint density at radius 1 is 1.05 bits per heavy atom. The Kier molecular flexibility index (Phi) is 9.64. The Morgan fingerprint density at radius 2 is 1.79 bits per heavy atom. The Labute approximate surface area is 242 Å². The minimum atomic E-state index is -1.32. The van der Waals surface area contributed by atoms with Crippen LogP contribution in [0.2, 0.25) is 0 Å². The molecule has 3 fully saturated rings. The van der Waals surface area contributed by atoms with Crippen molar-refractivity contribution in [3.05, 3.63) is 36.2 Å². The molecule has 5 rings (SSSR count). The maximum absolute atomic E-state index is 13.3. The number of aromatic nitrogens is 3. The standard InChI is InChI=1S/C27H37N7O8/c35-19-3-1-18(2-4-19)34-14-17(31-32-34)11-20-27(40)29-13-22-26(39)25(38)21(42-22)12-24(37)33(15-23(36)30-20)8-7-28-16-5-9-41-10-6-16/h1-4,14,16,20-22,25-26,28,35,38-39H,5-13,15H2,(H,29,40)(H,30,36)/t20-,21+,22-,25?,26?/m1/s1. The average molecular weight is 588 g/mol. The van der Waals surface area contributed by atoms with E-state index in [2.05, 4.69) is 26.3 Å². The Morgan fingerprint density at radius 3 is 2.55 bits per heavy atom. The lowest BCUT2D eigenvalue weighted by atomic mass is 10.0. The number of hydrogen-bond acceptors (Lipinski definition) is 11. The van der Waals surface area contributed by atoms with Crippen LogP contribution in [-0.4, -0.2) is 129 Å². The van der Waals surface area contributed by atoms with Gasteiger partial charge in [0.25, 0.3) is 0 Å². The van der Waals surface area contributed by atoms with Crippen molar-refractivity contribution < 1.29 is 39.2 Å². The summed E-state index contributed by atoms with van der Waals surface area (Å²) in [7, 11) is 0. The molecule has 2 aromatic rings. The average Bonchev–Trinajstić information content (AvgIpc) is 3.55. The fourth-order valence-corrected chi connectivity index (χ4v) is 5.34. The van der Waals surface area contributed by atoms with Gasteiger partial charge in [0.15, 0.2) is 0 Å². The maximum Gasteiger partial charge on any atom is 0.243 e. The number of ether oxygens (including phenoxy) is 2. The number of phenolic OH excluding ortho intramolecular Hbond substituents is 1. The number of nitrogens with one attached hydrogen (secondary N) is 3. The van der Waals surface area contributed by atoms with Gasteiger partial charge in [0.2, 0.25) is 17.7 Å². The molecule has 0 spiro atoms. The second-order valence-corrected chi connectivity index (χ2v) is 10.8. The van der Waals surface area contributed by atoms with Crippen LogP contribution in [0.4, 0.5) is 0 Å². The number of carbonyl (C=O) groups is 3. The van der Waals surface area contributed by atoms with Gasteiger partial charge in [-0.3, -0.25) is 14.4 Å². The summed E-state index contributed by atoms with van der Waals surface area (Å²) in [5.74, 6) is -1.40. The molecule has 0 saturated carbocycles. The topological polar surface area (TPSA) is 200 Å². The molecule has 1 aromatic heterocycles. The molecular formula is C27H37N7O8. The molecule has 6 N–H and O–H groups in total. The van der Waals surface area contributed by atoms with E-state index in [1.54, 1.807) is 18.3 Å². The van der Waals surface area contributed by atoms with Crippen molar-refractivity contribution in [1.82, 2.24) is 35.8 Å². The highest BCUT2D eigenvalue weighted by Crippen LogP contribution is 2.24. The molecule has 42 heavy (non-hydrogen) atoms. The second-order valence-electron chi connectivity index (χ2n) is 10.8. The molecule has 3 amide bonds. The maximum atomic E-state index is 13.3. The number of aromatic hydroxyl groups is 1. The van der Waals surface area contributed by atoms with Crippen LogP contribution >= 0.6 is 0 Å². The predicted octanol–water partition coefficient (Wildman–Crippen LogP) is -2.39. The summed E-state index contributed by atoms with van der Waals surface area (Å²) < 4.78 is 12.6. The highest BCUT2D eigenvalue weighted by molar-refractivity contribution is 5.90. The fourth-order valence-electron chi connectivity index (χ4n) is 5.34. The number of fused-ring (bicyclic) bond motifs is 2. The highest BCUT2D eigenvalue weighted by Gasteiger charge is 2.44. The Bertz CT molecular complexity index is 1240. The van der Waals surface area contributed by atoms with Crippen molar-refractivity contribution in [3.8, 4) is 11.4 Å². The molecule has 0 aliphatic carbocycles. The molecule has 5 atom stereocenters. The number of benzene rings is 1. The predicted molar refractivity (Wildman–Crippen MR) is 145 cm³/mol. The van der Waals surface area contributed by atoms with Gasteiger partial charge >= 0.3 is 0 Å². The molecule has 0 radical (unpaired) electrons. The molecular weight excluding hydrogens is 550 g/mol. The molecule has 15 heteroatoms. The van der Waals surface area contributed by atoms with Gasteiger partial charge in [-0.25, -0.2) is 4.68 Å². The van der Waals surface area contributed by atoms with Crippen LogP contribution in [-0.2, 0) is 30.3 Å².